The summed E-state index contributed by atoms with van der Waals surface area (Å²) >= 11 is 3.45. The number of nitrogens with one attached hydrogen (secondary N) is 1. The second-order valence-electron chi connectivity index (χ2n) is 7.22. The third-order valence-electron chi connectivity index (χ3n) is 4.90. The fourth-order valence-electron chi connectivity index (χ4n) is 3.29. The van der Waals surface area contributed by atoms with Gasteiger partial charge in [-0.15, -0.1) is 5.10 Å². The number of rotatable bonds is 7. The molecule has 4 rings (SSSR count). The first kappa shape index (κ1) is 23.7. The molecule has 7 nitrogen and oxygen atoms in total. The molecule has 0 aliphatic carbocycles. The number of amides is 1. The Labute approximate surface area is 210 Å². The molecule has 0 spiro atoms. The van der Waals surface area contributed by atoms with Crippen LogP contribution in [0, 0.1) is 3.57 Å². The van der Waals surface area contributed by atoms with Crippen molar-refractivity contribution in [1.29, 1.82) is 0 Å². The Balaban J connectivity index is 1.67. The third-order valence-corrected chi connectivity index (χ3v) is 8.00. The zero-order valence-corrected chi connectivity index (χ0v) is 21.4. The number of benzene rings is 3. The molecule has 1 unspecified atom stereocenters. The number of halogens is 1. The van der Waals surface area contributed by atoms with Crippen LogP contribution in [0.5, 0.6) is 5.75 Å². The SMILES string of the molecule is CCCC1S/C(=N/N=C/c2c(OS(=O)(=O)c3ccc(I)cc3)ccc3ccccc23)NC1=O. The molecule has 10 heteroatoms. The van der Waals surface area contributed by atoms with Gasteiger partial charge in [-0.05, 0) is 70.1 Å². The van der Waals surface area contributed by atoms with Crippen LogP contribution < -0.4 is 9.50 Å². The van der Waals surface area contributed by atoms with Gasteiger partial charge in [0.15, 0.2) is 10.9 Å². The molecular formula is C23H20IN3O4S2. The van der Waals surface area contributed by atoms with Crippen LogP contribution in [0.2, 0.25) is 0 Å². The smallest absolute Gasteiger partial charge is 0.339 e. The largest absolute Gasteiger partial charge is 0.378 e. The van der Waals surface area contributed by atoms with Crippen molar-refractivity contribution in [3.05, 3.63) is 69.8 Å². The van der Waals surface area contributed by atoms with Crippen LogP contribution in [0.3, 0.4) is 0 Å². The highest BCUT2D eigenvalue weighted by atomic mass is 127. The van der Waals surface area contributed by atoms with Crippen LogP contribution in [0.15, 0.2) is 75.8 Å². The lowest BCUT2D eigenvalue weighted by Crippen LogP contribution is -2.24. The van der Waals surface area contributed by atoms with Crippen molar-refractivity contribution in [3.63, 3.8) is 0 Å². The van der Waals surface area contributed by atoms with E-state index in [2.05, 4.69) is 38.1 Å². The minimum Gasteiger partial charge on any atom is -0.378 e. The monoisotopic (exact) mass is 593 g/mol. The molecule has 1 aliphatic heterocycles. The lowest BCUT2D eigenvalue weighted by Gasteiger charge is -2.11. The summed E-state index contributed by atoms with van der Waals surface area (Å²) in [5.41, 5.74) is 0.478. The first-order valence-electron chi connectivity index (χ1n) is 10.2. The van der Waals surface area contributed by atoms with Crippen LogP contribution in [0.1, 0.15) is 25.3 Å². The molecule has 0 bridgehead atoms. The summed E-state index contributed by atoms with van der Waals surface area (Å²) in [7, 11) is -4.04. The van der Waals surface area contributed by atoms with E-state index in [0.29, 0.717) is 10.7 Å². The summed E-state index contributed by atoms with van der Waals surface area (Å²) in [6.07, 6.45) is 3.11. The maximum absolute atomic E-state index is 12.9. The molecule has 3 aromatic rings. The van der Waals surface area contributed by atoms with E-state index >= 15 is 0 Å². The Hall–Kier alpha value is -2.44. The highest BCUT2D eigenvalue weighted by Gasteiger charge is 2.29. The van der Waals surface area contributed by atoms with E-state index in [1.807, 2.05) is 31.2 Å². The first-order valence-corrected chi connectivity index (χ1v) is 13.5. The van der Waals surface area contributed by atoms with Gasteiger partial charge in [0.1, 0.15) is 4.90 Å². The van der Waals surface area contributed by atoms with Gasteiger partial charge in [-0.25, -0.2) is 0 Å². The molecular weight excluding hydrogens is 573 g/mol. The minimum atomic E-state index is -4.04. The number of amidine groups is 1. The summed E-state index contributed by atoms with van der Waals surface area (Å²) in [4.78, 5) is 12.1. The zero-order chi connectivity index (χ0) is 23.4. The molecule has 1 fully saturated rings. The van der Waals surface area contributed by atoms with Crippen molar-refractivity contribution in [2.45, 2.75) is 29.9 Å². The van der Waals surface area contributed by atoms with E-state index in [-0.39, 0.29) is 21.8 Å². The van der Waals surface area contributed by atoms with Gasteiger partial charge in [-0.1, -0.05) is 55.4 Å². The van der Waals surface area contributed by atoms with Crippen molar-refractivity contribution >= 4 is 72.5 Å². The highest BCUT2D eigenvalue weighted by molar-refractivity contribution is 14.1. The van der Waals surface area contributed by atoms with Gasteiger partial charge in [0, 0.05) is 9.13 Å². The van der Waals surface area contributed by atoms with E-state index in [1.54, 1.807) is 24.3 Å². The quantitative estimate of drug-likeness (QED) is 0.181. The number of fused-ring (bicyclic) bond motifs is 1. The van der Waals surface area contributed by atoms with Crippen LogP contribution in [0.4, 0.5) is 0 Å². The lowest BCUT2D eigenvalue weighted by atomic mass is 10.0. The van der Waals surface area contributed by atoms with E-state index in [1.165, 1.54) is 30.1 Å². The molecule has 0 aromatic heterocycles. The summed E-state index contributed by atoms with van der Waals surface area (Å²) in [5.74, 6) is 0.0665. The molecule has 1 heterocycles. The molecule has 0 radical (unpaired) electrons. The summed E-state index contributed by atoms with van der Waals surface area (Å²) < 4.78 is 32.2. The van der Waals surface area contributed by atoms with E-state index < -0.39 is 10.1 Å². The predicted octanol–water partition coefficient (Wildman–Crippen LogP) is 4.93. The molecule has 1 aliphatic rings. The van der Waals surface area contributed by atoms with Crippen molar-refractivity contribution in [2.75, 3.05) is 0 Å². The number of nitrogens with zero attached hydrogens (tertiary/aromatic N) is 2. The molecule has 0 saturated carbocycles. The Morgan fingerprint density at radius 2 is 1.88 bits per heavy atom. The molecule has 1 atom stereocenters. The standard InChI is InChI=1S/C23H20IN3O4S2/c1-2-5-21-22(28)26-23(32-21)27-25-14-19-18-7-4-3-6-15(18)8-13-20(19)31-33(29,30)17-11-9-16(24)10-12-17/h3-4,6-14,21H,2,5H2,1H3,(H,26,27,28)/b25-14+. The average molecular weight is 593 g/mol. The fourth-order valence-corrected chi connectivity index (χ4v) is 5.64. The van der Waals surface area contributed by atoms with E-state index in [4.69, 9.17) is 4.18 Å². The van der Waals surface area contributed by atoms with E-state index in [0.717, 1.165) is 27.2 Å². The van der Waals surface area contributed by atoms with Crippen LogP contribution >= 0.6 is 34.4 Å². The van der Waals surface area contributed by atoms with Crippen molar-refractivity contribution in [1.82, 2.24) is 5.32 Å². The van der Waals surface area contributed by atoms with Gasteiger partial charge >= 0.3 is 10.1 Å². The Bertz CT molecular complexity index is 1360. The molecule has 1 saturated heterocycles. The Kier molecular flexibility index (Phi) is 7.35. The van der Waals surface area contributed by atoms with E-state index in [9.17, 15) is 13.2 Å². The second-order valence-corrected chi connectivity index (χ2v) is 11.2. The number of thioether (sulfide) groups is 1. The van der Waals surface area contributed by atoms with Crippen molar-refractivity contribution in [3.8, 4) is 5.75 Å². The molecule has 1 amide bonds. The normalized spacial score (nSPS) is 17.7. The molecule has 1 N–H and O–H groups in total. The number of carbonyl (C=O) groups is 1. The van der Waals surface area contributed by atoms with Gasteiger partial charge in [-0.2, -0.15) is 13.5 Å². The zero-order valence-electron chi connectivity index (χ0n) is 17.6. The number of carbonyl (C=O) groups excluding carboxylic acids is 1. The molecule has 170 valence electrons. The summed E-state index contributed by atoms with van der Waals surface area (Å²) in [6.45, 7) is 2.02. The fraction of sp³-hybridized carbons (Fsp3) is 0.174. The maximum atomic E-state index is 12.9. The second kappa shape index (κ2) is 10.2. The summed E-state index contributed by atoms with van der Waals surface area (Å²) in [6, 6.07) is 17.3. The van der Waals surface area contributed by atoms with Gasteiger partial charge in [0.05, 0.1) is 11.5 Å². The third kappa shape index (κ3) is 5.56. The number of hydrogen-bond donors (Lipinski definition) is 1. The Morgan fingerprint density at radius 3 is 2.64 bits per heavy atom. The van der Waals surface area contributed by atoms with Gasteiger partial charge in [0.2, 0.25) is 5.91 Å². The first-order chi connectivity index (χ1) is 15.9. The topological polar surface area (TPSA) is 97.2 Å². The van der Waals surface area contributed by atoms with Crippen molar-refractivity contribution < 1.29 is 17.4 Å². The van der Waals surface area contributed by atoms with Gasteiger partial charge in [0.25, 0.3) is 0 Å². The van der Waals surface area contributed by atoms with Gasteiger partial charge in [-0.3, -0.25) is 4.79 Å². The average Bonchev–Trinajstić information content (AvgIpc) is 3.14. The van der Waals surface area contributed by atoms with Crippen LogP contribution in [-0.2, 0) is 14.9 Å². The predicted molar refractivity (Wildman–Crippen MR) is 140 cm³/mol. The lowest BCUT2D eigenvalue weighted by molar-refractivity contribution is -0.118. The molecule has 3 aromatic carbocycles. The van der Waals surface area contributed by atoms with Gasteiger partial charge < -0.3 is 9.50 Å². The summed E-state index contributed by atoms with van der Waals surface area (Å²) in [5, 5.41) is 12.9. The Morgan fingerprint density at radius 1 is 1.12 bits per heavy atom. The van der Waals surface area contributed by atoms with Crippen LogP contribution in [0.25, 0.3) is 10.8 Å². The molecule has 33 heavy (non-hydrogen) atoms. The maximum Gasteiger partial charge on any atom is 0.339 e. The minimum absolute atomic E-state index is 0.0613. The number of hydrogen-bond acceptors (Lipinski definition) is 7. The van der Waals surface area contributed by atoms with Crippen LogP contribution in [-0.4, -0.2) is 31.0 Å². The highest BCUT2D eigenvalue weighted by Crippen LogP contribution is 2.30. The van der Waals surface area contributed by atoms with Crippen molar-refractivity contribution in [2.24, 2.45) is 10.2 Å².